The molecule has 1 aromatic heterocycles. The van der Waals surface area contributed by atoms with Gasteiger partial charge in [-0.05, 0) is 29.9 Å². The second-order valence-corrected chi connectivity index (χ2v) is 6.81. The number of rotatable bonds is 8. The molecule has 1 fully saturated rings. The molecule has 0 radical (unpaired) electrons. The highest BCUT2D eigenvalue weighted by molar-refractivity contribution is 7.12. The lowest BCUT2D eigenvalue weighted by Crippen LogP contribution is -2.51. The van der Waals surface area contributed by atoms with Gasteiger partial charge in [0.15, 0.2) is 0 Å². The van der Waals surface area contributed by atoms with E-state index in [0.29, 0.717) is 32.8 Å². The number of thiophene rings is 1. The van der Waals surface area contributed by atoms with Crippen molar-refractivity contribution in [1.29, 1.82) is 0 Å². The van der Waals surface area contributed by atoms with Gasteiger partial charge >= 0.3 is 0 Å². The zero-order valence-corrected chi connectivity index (χ0v) is 15.4. The molecule has 2 amide bonds. The van der Waals surface area contributed by atoms with Crippen molar-refractivity contribution in [1.82, 2.24) is 15.1 Å². The molecule has 24 heavy (non-hydrogen) atoms. The summed E-state index contributed by atoms with van der Waals surface area (Å²) in [6, 6.07) is 2.03. The maximum Gasteiger partial charge on any atom is 0.264 e. The van der Waals surface area contributed by atoms with Crippen molar-refractivity contribution < 1.29 is 14.3 Å². The zero-order chi connectivity index (χ0) is 17.4. The van der Waals surface area contributed by atoms with Gasteiger partial charge in [-0.1, -0.05) is 6.92 Å². The first kappa shape index (κ1) is 18.9. The van der Waals surface area contributed by atoms with E-state index in [1.807, 2.05) is 16.3 Å². The zero-order valence-electron chi connectivity index (χ0n) is 14.5. The lowest BCUT2D eigenvalue weighted by molar-refractivity contribution is -0.122. The molecule has 1 saturated heterocycles. The summed E-state index contributed by atoms with van der Waals surface area (Å²) in [5, 5.41) is 4.88. The Morgan fingerprint density at radius 1 is 1.29 bits per heavy atom. The van der Waals surface area contributed by atoms with E-state index in [1.165, 1.54) is 11.3 Å². The number of nitrogens with zero attached hydrogens (tertiary/aromatic N) is 2. The van der Waals surface area contributed by atoms with Crippen LogP contribution >= 0.6 is 11.3 Å². The number of hydrogen-bond donors (Lipinski definition) is 1. The van der Waals surface area contributed by atoms with Gasteiger partial charge in [-0.15, -0.1) is 11.3 Å². The number of ether oxygens (including phenoxy) is 1. The first-order valence-electron chi connectivity index (χ1n) is 8.49. The minimum atomic E-state index is 0.0393. The summed E-state index contributed by atoms with van der Waals surface area (Å²) < 4.78 is 4.96. The highest BCUT2D eigenvalue weighted by Crippen LogP contribution is 2.20. The van der Waals surface area contributed by atoms with E-state index in [0.717, 1.165) is 36.4 Å². The fourth-order valence-electron chi connectivity index (χ4n) is 2.76. The van der Waals surface area contributed by atoms with Crippen LogP contribution in [0, 0.1) is 0 Å². The third kappa shape index (κ3) is 5.29. The van der Waals surface area contributed by atoms with Crippen molar-refractivity contribution in [3.63, 3.8) is 0 Å². The van der Waals surface area contributed by atoms with Crippen LogP contribution in [0.2, 0.25) is 0 Å². The molecule has 0 aromatic carbocycles. The van der Waals surface area contributed by atoms with Gasteiger partial charge < -0.3 is 15.0 Å². The van der Waals surface area contributed by atoms with Crippen LogP contribution in [-0.2, 0) is 16.0 Å². The molecule has 0 atom stereocenters. The van der Waals surface area contributed by atoms with E-state index in [4.69, 9.17) is 4.74 Å². The van der Waals surface area contributed by atoms with Crippen LogP contribution < -0.4 is 5.32 Å². The average Bonchev–Trinajstić information content (AvgIpc) is 3.07. The number of methoxy groups -OCH3 is 1. The first-order valence-corrected chi connectivity index (χ1v) is 9.37. The molecule has 1 N–H and O–H groups in total. The third-order valence-electron chi connectivity index (χ3n) is 4.20. The van der Waals surface area contributed by atoms with Crippen LogP contribution in [-0.4, -0.2) is 74.6 Å². The number of carbonyl (C=O) groups is 2. The van der Waals surface area contributed by atoms with E-state index in [2.05, 4.69) is 17.1 Å². The van der Waals surface area contributed by atoms with Crippen LogP contribution in [0.5, 0.6) is 0 Å². The van der Waals surface area contributed by atoms with Crippen LogP contribution in [0.1, 0.15) is 28.6 Å². The average molecular weight is 353 g/mol. The molecule has 2 heterocycles. The molecule has 0 aliphatic carbocycles. The summed E-state index contributed by atoms with van der Waals surface area (Å²) in [6.07, 6.45) is 1.71. The van der Waals surface area contributed by atoms with Gasteiger partial charge in [0.2, 0.25) is 5.91 Å². The summed E-state index contributed by atoms with van der Waals surface area (Å²) in [4.78, 5) is 29.4. The Hall–Kier alpha value is -1.44. The Morgan fingerprint density at radius 2 is 2.04 bits per heavy atom. The van der Waals surface area contributed by atoms with Crippen molar-refractivity contribution in [2.75, 3.05) is 53.0 Å². The van der Waals surface area contributed by atoms with Gasteiger partial charge in [0.05, 0.1) is 11.4 Å². The summed E-state index contributed by atoms with van der Waals surface area (Å²) in [5.74, 6) is 0.169. The van der Waals surface area contributed by atoms with Gasteiger partial charge in [0, 0.05) is 46.4 Å². The quantitative estimate of drug-likeness (QED) is 0.714. The van der Waals surface area contributed by atoms with Gasteiger partial charge in [-0.2, -0.15) is 0 Å². The molecule has 1 aliphatic heterocycles. The van der Waals surface area contributed by atoms with E-state index in [1.54, 1.807) is 7.11 Å². The van der Waals surface area contributed by atoms with Crippen molar-refractivity contribution in [3.8, 4) is 0 Å². The number of carbonyl (C=O) groups excluding carboxylic acids is 2. The third-order valence-corrected chi connectivity index (χ3v) is 5.14. The van der Waals surface area contributed by atoms with E-state index in [-0.39, 0.29) is 11.8 Å². The Bertz CT molecular complexity index is 539. The number of aryl methyl sites for hydroxylation is 1. The van der Waals surface area contributed by atoms with Crippen LogP contribution in [0.25, 0.3) is 0 Å². The molecule has 0 spiro atoms. The predicted molar refractivity (Wildman–Crippen MR) is 95.5 cm³/mol. The molecule has 1 aromatic rings. The molecule has 7 heteroatoms. The van der Waals surface area contributed by atoms with Crippen LogP contribution in [0.15, 0.2) is 11.4 Å². The largest absolute Gasteiger partial charge is 0.385 e. The fraction of sp³-hybridized carbons (Fsp3) is 0.647. The molecule has 0 bridgehead atoms. The topological polar surface area (TPSA) is 61.9 Å². The first-order chi connectivity index (χ1) is 11.7. The summed E-state index contributed by atoms with van der Waals surface area (Å²) >= 11 is 1.52. The standard InChI is InChI=1S/C17H27N3O3S/c1-3-14-5-12-24-16(14)17(22)20-9-7-19(8-10-20)13-15(21)18-6-4-11-23-2/h5,12H,3-4,6-11,13H2,1-2H3,(H,18,21). The Kier molecular flexibility index (Phi) is 7.68. The van der Waals surface area contributed by atoms with Crippen molar-refractivity contribution in [2.45, 2.75) is 19.8 Å². The number of nitrogens with one attached hydrogen (secondary N) is 1. The highest BCUT2D eigenvalue weighted by Gasteiger charge is 2.25. The monoisotopic (exact) mass is 353 g/mol. The maximum atomic E-state index is 12.6. The minimum absolute atomic E-state index is 0.0393. The number of piperazine rings is 1. The van der Waals surface area contributed by atoms with Gasteiger partial charge in [-0.25, -0.2) is 0 Å². The lowest BCUT2D eigenvalue weighted by atomic mass is 10.2. The Morgan fingerprint density at radius 3 is 2.71 bits per heavy atom. The normalized spacial score (nSPS) is 15.5. The minimum Gasteiger partial charge on any atom is -0.385 e. The maximum absolute atomic E-state index is 12.6. The van der Waals surface area contributed by atoms with Gasteiger partial charge in [0.25, 0.3) is 5.91 Å². The smallest absolute Gasteiger partial charge is 0.264 e. The second-order valence-electron chi connectivity index (χ2n) is 5.89. The number of hydrogen-bond acceptors (Lipinski definition) is 5. The molecule has 2 rings (SSSR count). The van der Waals surface area contributed by atoms with Crippen molar-refractivity contribution in [2.24, 2.45) is 0 Å². The van der Waals surface area contributed by atoms with Crippen molar-refractivity contribution in [3.05, 3.63) is 21.9 Å². The second kappa shape index (κ2) is 9.76. The van der Waals surface area contributed by atoms with E-state index in [9.17, 15) is 9.59 Å². The van der Waals surface area contributed by atoms with Gasteiger partial charge in [0.1, 0.15) is 0 Å². The Labute approximate surface area is 147 Å². The number of amides is 2. The summed E-state index contributed by atoms with van der Waals surface area (Å²) in [7, 11) is 1.66. The van der Waals surface area contributed by atoms with Crippen molar-refractivity contribution >= 4 is 23.2 Å². The molecule has 1 aliphatic rings. The summed E-state index contributed by atoms with van der Waals surface area (Å²) in [5.41, 5.74) is 1.13. The van der Waals surface area contributed by atoms with E-state index >= 15 is 0 Å². The predicted octanol–water partition coefficient (Wildman–Crippen LogP) is 1.22. The molecule has 0 saturated carbocycles. The van der Waals surface area contributed by atoms with Crippen LogP contribution in [0.3, 0.4) is 0 Å². The van der Waals surface area contributed by atoms with E-state index < -0.39 is 0 Å². The Balaban J connectivity index is 1.73. The fourth-order valence-corrected chi connectivity index (χ4v) is 3.72. The highest BCUT2D eigenvalue weighted by atomic mass is 32.1. The molecule has 134 valence electrons. The molecular weight excluding hydrogens is 326 g/mol. The molecule has 0 unspecified atom stereocenters. The molecular formula is C17H27N3O3S. The summed E-state index contributed by atoms with van der Waals surface area (Å²) in [6.45, 7) is 6.60. The molecule has 6 nitrogen and oxygen atoms in total. The SMILES string of the molecule is CCc1ccsc1C(=O)N1CCN(CC(=O)NCCCOC)CC1. The van der Waals surface area contributed by atoms with Gasteiger partial charge in [-0.3, -0.25) is 14.5 Å². The lowest BCUT2D eigenvalue weighted by Gasteiger charge is -2.34. The van der Waals surface area contributed by atoms with Crippen LogP contribution in [0.4, 0.5) is 0 Å².